The number of nitrogens with one attached hydrogen (secondary N) is 1. The van der Waals surface area contributed by atoms with E-state index in [9.17, 15) is 19.5 Å². The number of aromatic nitrogens is 1. The molecule has 2 N–H and O–H groups in total. The fraction of sp³-hybridized carbons (Fsp3) is 0.0500. The van der Waals surface area contributed by atoms with Gasteiger partial charge in [0.25, 0.3) is 17.4 Å². The van der Waals surface area contributed by atoms with Crippen molar-refractivity contribution in [3.8, 4) is 5.75 Å². The van der Waals surface area contributed by atoms with Gasteiger partial charge in [-0.1, -0.05) is 36.4 Å². The summed E-state index contributed by atoms with van der Waals surface area (Å²) in [7, 11) is 1.64. The molecule has 0 bridgehead atoms. The molecule has 0 atom stereocenters. The van der Waals surface area contributed by atoms with E-state index >= 15 is 0 Å². The molecule has 1 aromatic heterocycles. The Labute approximate surface area is 153 Å². The molecule has 0 aliphatic carbocycles. The van der Waals surface area contributed by atoms with Gasteiger partial charge >= 0.3 is 0 Å². The smallest absolute Gasteiger partial charge is 0.282 e. The summed E-state index contributed by atoms with van der Waals surface area (Å²) in [5.74, 6) is -1.24. The molecule has 0 unspecified atom stereocenters. The van der Waals surface area contributed by atoms with Gasteiger partial charge in [-0.2, -0.15) is 0 Å². The molecule has 1 aliphatic heterocycles. The first-order chi connectivity index (χ1) is 13.0. The lowest BCUT2D eigenvalue weighted by Crippen LogP contribution is -2.37. The third kappa shape index (κ3) is 2.65. The summed E-state index contributed by atoms with van der Waals surface area (Å²) in [4.78, 5) is 37.5. The molecule has 0 saturated carbocycles. The average Bonchev–Trinajstić information content (AvgIpc) is 2.94. The minimum absolute atomic E-state index is 0.0388. The number of benzene rings is 2. The van der Waals surface area contributed by atoms with Gasteiger partial charge < -0.3 is 9.67 Å². The van der Waals surface area contributed by atoms with Crippen LogP contribution in [0.3, 0.4) is 0 Å². The molecule has 2 aromatic carbocycles. The summed E-state index contributed by atoms with van der Waals surface area (Å²) >= 11 is 0. The van der Waals surface area contributed by atoms with E-state index in [1.54, 1.807) is 49.5 Å². The molecule has 2 heterocycles. The summed E-state index contributed by atoms with van der Waals surface area (Å²) in [5.41, 5.74) is 3.36. The minimum Gasteiger partial charge on any atom is -0.507 e. The Morgan fingerprint density at radius 1 is 1.00 bits per heavy atom. The number of phenolic OH excluding ortho intramolecular Hbond substituents is 1. The van der Waals surface area contributed by atoms with Crippen LogP contribution in [-0.4, -0.2) is 21.5 Å². The summed E-state index contributed by atoms with van der Waals surface area (Å²) in [6.07, 6.45) is 1.33. The zero-order valence-electron chi connectivity index (χ0n) is 14.3. The monoisotopic (exact) mass is 361 g/mol. The Hall–Kier alpha value is -3.87. The van der Waals surface area contributed by atoms with Crippen molar-refractivity contribution < 1.29 is 14.7 Å². The molecule has 1 saturated heterocycles. The normalized spacial score (nSPS) is 15.6. The Morgan fingerprint density at radius 3 is 2.48 bits per heavy atom. The van der Waals surface area contributed by atoms with E-state index in [2.05, 4.69) is 5.43 Å². The topological polar surface area (TPSA) is 91.6 Å². The van der Waals surface area contributed by atoms with E-state index in [1.807, 2.05) is 0 Å². The lowest BCUT2D eigenvalue weighted by atomic mass is 10.1. The van der Waals surface area contributed by atoms with Crippen LogP contribution in [0.1, 0.15) is 5.56 Å². The summed E-state index contributed by atoms with van der Waals surface area (Å²) < 4.78 is 1.47. The van der Waals surface area contributed by atoms with E-state index in [-0.39, 0.29) is 16.9 Å². The fourth-order valence-electron chi connectivity index (χ4n) is 3.07. The number of carbonyl (C=O) groups is 2. The van der Waals surface area contributed by atoms with Crippen molar-refractivity contribution in [3.63, 3.8) is 0 Å². The number of fused-ring (bicyclic) bond motifs is 1. The second-order valence-electron chi connectivity index (χ2n) is 6.14. The first-order valence-corrected chi connectivity index (χ1v) is 8.21. The zero-order chi connectivity index (χ0) is 19.1. The largest absolute Gasteiger partial charge is 0.507 e. The molecule has 7 nitrogen and oxygen atoms in total. The highest BCUT2D eigenvalue weighted by Gasteiger charge is 2.35. The number of carbonyl (C=O) groups excluding carboxylic acids is 2. The van der Waals surface area contributed by atoms with Crippen molar-refractivity contribution in [2.45, 2.75) is 0 Å². The van der Waals surface area contributed by atoms with Crippen molar-refractivity contribution in [2.75, 3.05) is 5.01 Å². The third-order valence-electron chi connectivity index (χ3n) is 4.50. The van der Waals surface area contributed by atoms with Gasteiger partial charge in [0.2, 0.25) is 0 Å². The van der Waals surface area contributed by atoms with Crippen LogP contribution in [0.15, 0.2) is 65.0 Å². The van der Waals surface area contributed by atoms with Crippen LogP contribution in [-0.2, 0) is 16.6 Å². The molecule has 4 rings (SSSR count). The summed E-state index contributed by atoms with van der Waals surface area (Å²) in [6, 6.07) is 14.8. The number of rotatable bonds is 2. The second kappa shape index (κ2) is 6.14. The number of hydrazine groups is 1. The molecule has 134 valence electrons. The minimum atomic E-state index is -0.604. The maximum absolute atomic E-state index is 12.9. The van der Waals surface area contributed by atoms with Gasteiger partial charge in [0.05, 0.1) is 11.2 Å². The highest BCUT2D eigenvalue weighted by molar-refractivity contribution is 6.32. The lowest BCUT2D eigenvalue weighted by Gasteiger charge is -2.18. The highest BCUT2D eigenvalue weighted by Crippen LogP contribution is 2.28. The molecular formula is C20H15N3O4. The van der Waals surface area contributed by atoms with Crippen molar-refractivity contribution in [1.29, 1.82) is 0 Å². The predicted molar refractivity (Wildman–Crippen MR) is 101 cm³/mol. The van der Waals surface area contributed by atoms with E-state index in [4.69, 9.17) is 0 Å². The number of aromatic hydroxyl groups is 1. The van der Waals surface area contributed by atoms with Gasteiger partial charge in [0.15, 0.2) is 0 Å². The van der Waals surface area contributed by atoms with Crippen LogP contribution in [0.4, 0.5) is 5.69 Å². The van der Waals surface area contributed by atoms with Gasteiger partial charge in [-0.25, -0.2) is 5.01 Å². The number of hydrogen-bond donors (Lipinski definition) is 2. The number of pyridine rings is 1. The van der Waals surface area contributed by atoms with Crippen LogP contribution in [0, 0.1) is 0 Å². The van der Waals surface area contributed by atoms with Crippen molar-refractivity contribution in [1.82, 2.24) is 9.99 Å². The number of para-hydroxylation sites is 2. The fourth-order valence-corrected chi connectivity index (χ4v) is 3.07. The molecule has 0 spiro atoms. The van der Waals surface area contributed by atoms with Gasteiger partial charge in [-0.15, -0.1) is 0 Å². The second-order valence-corrected chi connectivity index (χ2v) is 6.14. The van der Waals surface area contributed by atoms with E-state index < -0.39 is 11.8 Å². The zero-order valence-corrected chi connectivity index (χ0v) is 14.3. The van der Waals surface area contributed by atoms with Crippen molar-refractivity contribution in [3.05, 3.63) is 76.1 Å². The Kier molecular flexibility index (Phi) is 3.77. The quantitative estimate of drug-likeness (QED) is 0.537. The molecule has 27 heavy (non-hydrogen) atoms. The van der Waals surface area contributed by atoms with Gasteiger partial charge in [0.1, 0.15) is 11.3 Å². The standard InChI is InChI=1S/C20H15N3O4/c1-22-15-8-4-3-7-13(15)16(11-18(22)25)23-20(27)14(19(26)21-23)10-12-6-2-5-9-17(12)24/h2-11,24H,1H3,(H,21,26)/b14-10+. The van der Waals surface area contributed by atoms with Crippen LogP contribution >= 0.6 is 0 Å². The van der Waals surface area contributed by atoms with E-state index in [1.165, 1.54) is 22.8 Å². The molecule has 3 aromatic rings. The van der Waals surface area contributed by atoms with Gasteiger partial charge in [-0.05, 0) is 18.2 Å². The Balaban J connectivity index is 1.84. The SMILES string of the molecule is Cn1c(=O)cc(N2NC(=O)/C(=C\c3ccccc3O)C2=O)c2ccccc21. The number of aryl methyl sites for hydroxylation is 1. The Bertz CT molecular complexity index is 1190. The number of nitrogens with zero attached hydrogens (tertiary/aromatic N) is 2. The number of amides is 2. The van der Waals surface area contributed by atoms with Gasteiger partial charge in [0, 0.05) is 24.1 Å². The van der Waals surface area contributed by atoms with E-state index in [0.717, 1.165) is 5.01 Å². The first kappa shape index (κ1) is 16.6. The van der Waals surface area contributed by atoms with Crippen molar-refractivity contribution >= 4 is 34.5 Å². The van der Waals surface area contributed by atoms with E-state index in [0.29, 0.717) is 22.2 Å². The lowest BCUT2D eigenvalue weighted by molar-refractivity contribution is -0.117. The maximum Gasteiger partial charge on any atom is 0.282 e. The first-order valence-electron chi connectivity index (χ1n) is 8.21. The van der Waals surface area contributed by atoms with Crippen LogP contribution in [0.25, 0.3) is 17.0 Å². The molecule has 1 aliphatic rings. The molecule has 7 heteroatoms. The van der Waals surface area contributed by atoms with Crippen molar-refractivity contribution in [2.24, 2.45) is 7.05 Å². The molecular weight excluding hydrogens is 346 g/mol. The number of phenols is 1. The molecule has 1 fully saturated rings. The summed E-state index contributed by atoms with van der Waals surface area (Å²) in [5, 5.41) is 11.6. The third-order valence-corrected chi connectivity index (χ3v) is 4.50. The maximum atomic E-state index is 12.9. The highest BCUT2D eigenvalue weighted by atomic mass is 16.3. The molecule has 2 amide bonds. The predicted octanol–water partition coefficient (Wildman–Crippen LogP) is 1.71. The number of anilines is 1. The molecule has 0 radical (unpaired) electrons. The number of hydrogen-bond acceptors (Lipinski definition) is 4. The van der Waals surface area contributed by atoms with Crippen LogP contribution in [0.5, 0.6) is 5.75 Å². The van der Waals surface area contributed by atoms with Crippen LogP contribution in [0.2, 0.25) is 0 Å². The van der Waals surface area contributed by atoms with Crippen LogP contribution < -0.4 is 16.0 Å². The van der Waals surface area contributed by atoms with Gasteiger partial charge in [-0.3, -0.25) is 19.8 Å². The Morgan fingerprint density at radius 2 is 1.70 bits per heavy atom. The summed E-state index contributed by atoms with van der Waals surface area (Å²) in [6.45, 7) is 0. The average molecular weight is 361 g/mol.